The van der Waals surface area contributed by atoms with Crippen molar-refractivity contribution in [2.24, 2.45) is 0 Å². The first-order chi connectivity index (χ1) is 8.52. The Hall–Kier alpha value is -1.55. The third kappa shape index (κ3) is 2.82. The van der Waals surface area contributed by atoms with Crippen molar-refractivity contribution in [3.8, 4) is 5.75 Å². The Balaban J connectivity index is 2.16. The Bertz CT molecular complexity index is 426. The second kappa shape index (κ2) is 4.98. The van der Waals surface area contributed by atoms with Crippen LogP contribution in [0.3, 0.4) is 0 Å². The number of nitrogens with zero attached hydrogens (tertiary/aromatic N) is 1. The molecule has 1 aromatic carbocycles. The smallest absolute Gasteiger partial charge is 0.241 e. The van der Waals surface area contributed by atoms with E-state index in [2.05, 4.69) is 19.2 Å². The summed E-state index contributed by atoms with van der Waals surface area (Å²) in [7, 11) is 0. The van der Waals surface area contributed by atoms with Crippen molar-refractivity contribution in [3.63, 3.8) is 0 Å². The molecule has 0 radical (unpaired) electrons. The Morgan fingerprint density at radius 2 is 2.00 bits per heavy atom. The van der Waals surface area contributed by atoms with Crippen molar-refractivity contribution in [2.75, 3.05) is 24.6 Å². The number of piperazine rings is 1. The number of hydrogen-bond acceptors (Lipinski definition) is 3. The lowest BCUT2D eigenvalue weighted by atomic mass is 10.0. The van der Waals surface area contributed by atoms with Gasteiger partial charge in [0.2, 0.25) is 5.91 Å². The lowest BCUT2D eigenvalue weighted by molar-refractivity contribution is -0.119. The fourth-order valence-electron chi connectivity index (χ4n) is 2.07. The predicted octanol–water partition coefficient (Wildman–Crippen LogP) is 1.80. The maximum Gasteiger partial charge on any atom is 0.241 e. The zero-order valence-electron chi connectivity index (χ0n) is 11.2. The van der Waals surface area contributed by atoms with E-state index in [1.54, 1.807) is 0 Å². The number of benzene rings is 1. The average Bonchev–Trinajstić information content (AvgIpc) is 2.34. The van der Waals surface area contributed by atoms with Gasteiger partial charge in [0.1, 0.15) is 5.75 Å². The standard InChI is InChI=1S/C14H20N2O2/c1-4-18-12-7-5-11(6-8-12)16-10-14(2,3)15-9-13(16)17/h5-8,15H,4,9-10H2,1-3H3. The van der Waals surface area contributed by atoms with E-state index in [0.717, 1.165) is 11.4 Å². The lowest BCUT2D eigenvalue weighted by Crippen LogP contribution is -2.59. The zero-order valence-corrected chi connectivity index (χ0v) is 11.2. The highest BCUT2D eigenvalue weighted by atomic mass is 16.5. The normalized spacial score (nSPS) is 18.8. The molecule has 0 atom stereocenters. The first kappa shape index (κ1) is 12.9. The topological polar surface area (TPSA) is 41.6 Å². The van der Waals surface area contributed by atoms with E-state index in [-0.39, 0.29) is 11.4 Å². The summed E-state index contributed by atoms with van der Waals surface area (Å²) in [6, 6.07) is 7.68. The van der Waals surface area contributed by atoms with Crippen LogP contribution in [0.15, 0.2) is 24.3 Å². The van der Waals surface area contributed by atoms with E-state index in [4.69, 9.17) is 4.74 Å². The van der Waals surface area contributed by atoms with Crippen molar-refractivity contribution >= 4 is 11.6 Å². The molecule has 1 saturated heterocycles. The van der Waals surface area contributed by atoms with Crippen LogP contribution in [0.1, 0.15) is 20.8 Å². The molecule has 4 nitrogen and oxygen atoms in total. The second-order valence-corrected chi connectivity index (χ2v) is 5.14. The van der Waals surface area contributed by atoms with Gasteiger partial charge in [0.25, 0.3) is 0 Å². The van der Waals surface area contributed by atoms with Crippen LogP contribution in [0.4, 0.5) is 5.69 Å². The highest BCUT2D eigenvalue weighted by Gasteiger charge is 2.31. The van der Waals surface area contributed by atoms with Crippen molar-refractivity contribution in [2.45, 2.75) is 26.3 Å². The fraction of sp³-hybridized carbons (Fsp3) is 0.500. The van der Waals surface area contributed by atoms with E-state index in [1.165, 1.54) is 0 Å². The van der Waals surface area contributed by atoms with Crippen LogP contribution in [0.2, 0.25) is 0 Å². The highest BCUT2D eigenvalue weighted by molar-refractivity contribution is 5.95. The molecular weight excluding hydrogens is 228 g/mol. The molecule has 1 aliphatic rings. The number of carbonyl (C=O) groups is 1. The van der Waals surface area contributed by atoms with Gasteiger partial charge < -0.3 is 15.0 Å². The molecule has 18 heavy (non-hydrogen) atoms. The van der Waals surface area contributed by atoms with Gasteiger partial charge >= 0.3 is 0 Å². The van der Waals surface area contributed by atoms with Crippen molar-refractivity contribution in [3.05, 3.63) is 24.3 Å². The highest BCUT2D eigenvalue weighted by Crippen LogP contribution is 2.23. The number of hydrogen-bond donors (Lipinski definition) is 1. The quantitative estimate of drug-likeness (QED) is 0.887. The van der Waals surface area contributed by atoms with Crippen LogP contribution in [-0.4, -0.2) is 31.1 Å². The van der Waals surface area contributed by atoms with Crippen LogP contribution in [-0.2, 0) is 4.79 Å². The van der Waals surface area contributed by atoms with Gasteiger partial charge in [-0.15, -0.1) is 0 Å². The van der Waals surface area contributed by atoms with E-state index in [1.807, 2.05) is 36.1 Å². The van der Waals surface area contributed by atoms with Gasteiger partial charge in [-0.1, -0.05) is 0 Å². The minimum atomic E-state index is -0.0491. The van der Waals surface area contributed by atoms with Crippen LogP contribution < -0.4 is 15.0 Å². The fourth-order valence-corrected chi connectivity index (χ4v) is 2.07. The van der Waals surface area contributed by atoms with Gasteiger partial charge in [0, 0.05) is 17.8 Å². The molecule has 0 bridgehead atoms. The summed E-state index contributed by atoms with van der Waals surface area (Å²) in [4.78, 5) is 13.8. The van der Waals surface area contributed by atoms with Crippen molar-refractivity contribution < 1.29 is 9.53 Å². The van der Waals surface area contributed by atoms with Crippen LogP contribution in [0.5, 0.6) is 5.75 Å². The van der Waals surface area contributed by atoms with Crippen molar-refractivity contribution in [1.29, 1.82) is 0 Å². The van der Waals surface area contributed by atoms with Crippen LogP contribution >= 0.6 is 0 Å². The molecule has 98 valence electrons. The van der Waals surface area contributed by atoms with Crippen molar-refractivity contribution in [1.82, 2.24) is 5.32 Å². The predicted molar refractivity (Wildman–Crippen MR) is 72.0 cm³/mol. The van der Waals surface area contributed by atoms with Crippen LogP contribution in [0.25, 0.3) is 0 Å². The third-order valence-corrected chi connectivity index (χ3v) is 3.03. The third-order valence-electron chi connectivity index (χ3n) is 3.03. The number of anilines is 1. The number of carbonyl (C=O) groups excluding carboxylic acids is 1. The van der Waals surface area contributed by atoms with Gasteiger partial charge in [-0.25, -0.2) is 0 Å². The Kier molecular flexibility index (Phi) is 3.57. The number of nitrogens with one attached hydrogen (secondary N) is 1. The lowest BCUT2D eigenvalue weighted by Gasteiger charge is -2.38. The largest absolute Gasteiger partial charge is 0.494 e. The molecule has 0 saturated carbocycles. The zero-order chi connectivity index (χ0) is 13.2. The summed E-state index contributed by atoms with van der Waals surface area (Å²) in [6.45, 7) is 7.87. The first-order valence-corrected chi connectivity index (χ1v) is 6.30. The maximum absolute atomic E-state index is 11.9. The molecule has 0 aromatic heterocycles. The minimum Gasteiger partial charge on any atom is -0.494 e. The summed E-state index contributed by atoms with van der Waals surface area (Å²) in [5.41, 5.74) is 0.880. The van der Waals surface area contributed by atoms with Gasteiger partial charge in [0.15, 0.2) is 0 Å². The Morgan fingerprint density at radius 1 is 1.33 bits per heavy atom. The van der Waals surface area contributed by atoms with Gasteiger partial charge in [-0.3, -0.25) is 4.79 Å². The van der Waals surface area contributed by atoms with Gasteiger partial charge in [0.05, 0.1) is 13.2 Å². The van der Waals surface area contributed by atoms with E-state index in [9.17, 15) is 4.79 Å². The average molecular weight is 248 g/mol. The van der Waals surface area contributed by atoms with E-state index >= 15 is 0 Å². The summed E-state index contributed by atoms with van der Waals surface area (Å²) in [5, 5.41) is 3.22. The summed E-state index contributed by atoms with van der Waals surface area (Å²) >= 11 is 0. The molecule has 1 fully saturated rings. The summed E-state index contributed by atoms with van der Waals surface area (Å²) in [6.07, 6.45) is 0. The molecule has 0 aliphatic carbocycles. The second-order valence-electron chi connectivity index (χ2n) is 5.14. The van der Waals surface area contributed by atoms with Crippen LogP contribution in [0, 0.1) is 0 Å². The van der Waals surface area contributed by atoms with E-state index in [0.29, 0.717) is 19.7 Å². The van der Waals surface area contributed by atoms with E-state index < -0.39 is 0 Å². The summed E-state index contributed by atoms with van der Waals surface area (Å²) < 4.78 is 5.40. The van der Waals surface area contributed by atoms with Gasteiger partial charge in [-0.2, -0.15) is 0 Å². The molecule has 1 amide bonds. The molecule has 4 heteroatoms. The summed E-state index contributed by atoms with van der Waals surface area (Å²) in [5.74, 6) is 0.946. The molecule has 2 rings (SSSR count). The monoisotopic (exact) mass is 248 g/mol. The number of ether oxygens (including phenoxy) is 1. The Labute approximate surface area is 108 Å². The molecular formula is C14H20N2O2. The van der Waals surface area contributed by atoms with Gasteiger partial charge in [-0.05, 0) is 45.0 Å². The first-order valence-electron chi connectivity index (χ1n) is 6.30. The molecule has 1 heterocycles. The molecule has 0 spiro atoms. The number of rotatable bonds is 3. The SMILES string of the molecule is CCOc1ccc(N2CC(C)(C)NCC2=O)cc1. The molecule has 1 N–H and O–H groups in total. The maximum atomic E-state index is 11.9. The number of amides is 1. The minimum absolute atomic E-state index is 0.0491. The molecule has 0 unspecified atom stereocenters. The molecule has 1 aromatic rings. The Morgan fingerprint density at radius 3 is 2.61 bits per heavy atom. The molecule has 1 aliphatic heterocycles.